The predicted octanol–water partition coefficient (Wildman–Crippen LogP) is 2.86. The number of hydrogen-bond acceptors (Lipinski definition) is 7. The number of nitrogens with zero attached hydrogens (tertiary/aromatic N) is 5. The Balaban J connectivity index is 1.39. The van der Waals surface area contributed by atoms with E-state index >= 15 is 0 Å². The average Bonchev–Trinajstić information content (AvgIpc) is 3.13. The first-order valence-corrected chi connectivity index (χ1v) is 12.8. The molecule has 2 aliphatic carbocycles. The molecule has 0 unspecified atom stereocenters. The number of amides is 1. The van der Waals surface area contributed by atoms with E-state index in [-0.39, 0.29) is 16.9 Å². The smallest absolute Gasteiger partial charge is 0.407 e. The molecule has 3 heterocycles. The summed E-state index contributed by atoms with van der Waals surface area (Å²) in [4.78, 5) is 16.6. The minimum atomic E-state index is -3.81. The van der Waals surface area contributed by atoms with Gasteiger partial charge in [0.2, 0.25) is 0 Å². The van der Waals surface area contributed by atoms with Crippen LogP contribution in [0, 0.1) is 18.8 Å². The van der Waals surface area contributed by atoms with Crippen molar-refractivity contribution in [1.29, 1.82) is 0 Å². The van der Waals surface area contributed by atoms with Gasteiger partial charge in [-0.3, -0.25) is 4.40 Å². The quantitative estimate of drug-likeness (QED) is 0.466. The second kappa shape index (κ2) is 7.52. The minimum Gasteiger partial charge on any atom is -0.450 e. The Morgan fingerprint density at radius 2 is 1.94 bits per heavy atom. The van der Waals surface area contributed by atoms with Gasteiger partial charge in [-0.25, -0.2) is 22.2 Å². The Bertz CT molecular complexity index is 1520. The van der Waals surface area contributed by atoms with E-state index in [1.54, 1.807) is 43.5 Å². The SMILES string of the molecule is CCOC(=O)N[C@@H]1C[C@H](c2nnc3cnc4c(ccn4S(=O)(=O)c4ccc(C)cc4)n23)[C@@H]2C[C@@H]21. The summed E-state index contributed by atoms with van der Waals surface area (Å²) in [5.41, 5.74) is 2.50. The average molecular weight is 481 g/mol. The van der Waals surface area contributed by atoms with Gasteiger partial charge in [0.1, 0.15) is 5.82 Å². The monoisotopic (exact) mass is 480 g/mol. The molecule has 6 rings (SSSR count). The molecule has 10 nitrogen and oxygen atoms in total. The standard InChI is InChI=1S/C23H24N6O4S/c1-3-33-23(30)25-18-11-17(15-10-16(15)18)21-27-26-20-12-24-22-19(29(20)21)8-9-28(22)34(31,32)14-6-4-13(2)5-7-14/h4-9,12,15-18H,3,10-11H2,1-2H3,(H,25,30)/t15-,16+,17+,18-/m1/s1. The zero-order valence-corrected chi connectivity index (χ0v) is 19.6. The lowest BCUT2D eigenvalue weighted by atomic mass is 10.0. The molecule has 2 aliphatic rings. The van der Waals surface area contributed by atoms with E-state index in [1.165, 1.54) is 10.2 Å². The maximum Gasteiger partial charge on any atom is 0.407 e. The van der Waals surface area contributed by atoms with E-state index < -0.39 is 16.1 Å². The lowest BCUT2D eigenvalue weighted by Crippen LogP contribution is -2.35. The van der Waals surface area contributed by atoms with Gasteiger partial charge in [0.25, 0.3) is 10.0 Å². The molecule has 4 aromatic rings. The minimum absolute atomic E-state index is 0.0326. The van der Waals surface area contributed by atoms with Crippen molar-refractivity contribution in [3.63, 3.8) is 0 Å². The summed E-state index contributed by atoms with van der Waals surface area (Å²) in [6, 6.07) is 8.51. The van der Waals surface area contributed by atoms with Crippen molar-refractivity contribution >= 4 is 32.9 Å². The summed E-state index contributed by atoms with van der Waals surface area (Å²) >= 11 is 0. The summed E-state index contributed by atoms with van der Waals surface area (Å²) in [5.74, 6) is 1.68. The Kier molecular flexibility index (Phi) is 4.67. The molecule has 2 saturated carbocycles. The third-order valence-corrected chi connectivity index (χ3v) is 8.66. The van der Waals surface area contributed by atoms with E-state index in [0.29, 0.717) is 35.3 Å². The number of carbonyl (C=O) groups excluding carboxylic acids is 1. The van der Waals surface area contributed by atoms with Crippen LogP contribution in [0.1, 0.15) is 37.1 Å². The summed E-state index contributed by atoms with van der Waals surface area (Å²) < 4.78 is 34.8. The van der Waals surface area contributed by atoms with Crippen LogP contribution in [0.2, 0.25) is 0 Å². The van der Waals surface area contributed by atoms with Crippen LogP contribution in [-0.2, 0) is 14.8 Å². The molecule has 11 heteroatoms. The second-order valence-electron chi connectivity index (χ2n) is 9.03. The third kappa shape index (κ3) is 3.17. The van der Waals surface area contributed by atoms with Crippen LogP contribution in [0.15, 0.2) is 47.6 Å². The normalized spacial score (nSPS) is 23.8. The van der Waals surface area contributed by atoms with Gasteiger partial charge in [0.05, 0.1) is 23.2 Å². The van der Waals surface area contributed by atoms with Crippen molar-refractivity contribution in [3.8, 4) is 0 Å². The lowest BCUT2D eigenvalue weighted by molar-refractivity contribution is 0.147. The number of nitrogens with one attached hydrogen (secondary N) is 1. The molecule has 4 atom stereocenters. The largest absolute Gasteiger partial charge is 0.450 e. The molecule has 34 heavy (non-hydrogen) atoms. The van der Waals surface area contributed by atoms with Crippen molar-refractivity contribution in [2.45, 2.75) is 43.5 Å². The van der Waals surface area contributed by atoms with Crippen molar-refractivity contribution in [2.75, 3.05) is 6.61 Å². The van der Waals surface area contributed by atoms with E-state index in [0.717, 1.165) is 24.2 Å². The molecule has 0 radical (unpaired) electrons. The Morgan fingerprint density at radius 1 is 1.15 bits per heavy atom. The molecular formula is C23H24N6O4S. The number of ether oxygens (including phenoxy) is 1. The first-order chi connectivity index (χ1) is 16.4. The summed E-state index contributed by atoms with van der Waals surface area (Å²) in [6.45, 7) is 4.02. The molecule has 2 fully saturated rings. The van der Waals surface area contributed by atoms with Crippen LogP contribution in [0.5, 0.6) is 0 Å². The molecule has 0 aliphatic heterocycles. The van der Waals surface area contributed by atoms with E-state index in [9.17, 15) is 13.2 Å². The summed E-state index contributed by atoms with van der Waals surface area (Å²) in [6.07, 6.45) is 4.42. The number of rotatable bonds is 5. The third-order valence-electron chi connectivity index (χ3n) is 6.98. The molecule has 3 aromatic heterocycles. The van der Waals surface area contributed by atoms with Crippen molar-refractivity contribution in [1.82, 2.24) is 28.9 Å². The molecule has 0 spiro atoms. The predicted molar refractivity (Wildman–Crippen MR) is 123 cm³/mol. The van der Waals surface area contributed by atoms with Crippen LogP contribution in [0.3, 0.4) is 0 Å². The molecule has 1 amide bonds. The van der Waals surface area contributed by atoms with Gasteiger partial charge in [-0.05, 0) is 56.7 Å². The zero-order valence-electron chi connectivity index (χ0n) is 18.7. The molecule has 1 N–H and O–H groups in total. The highest BCUT2D eigenvalue weighted by atomic mass is 32.2. The highest BCUT2D eigenvalue weighted by molar-refractivity contribution is 7.90. The first kappa shape index (κ1) is 21.1. The number of benzene rings is 1. The van der Waals surface area contributed by atoms with Gasteiger partial charge < -0.3 is 10.1 Å². The number of alkyl carbamates (subject to hydrolysis) is 1. The van der Waals surface area contributed by atoms with Gasteiger partial charge in [-0.2, -0.15) is 0 Å². The van der Waals surface area contributed by atoms with Gasteiger partial charge >= 0.3 is 6.09 Å². The number of hydrogen-bond donors (Lipinski definition) is 1. The number of carbonyl (C=O) groups is 1. The lowest BCUT2D eigenvalue weighted by Gasteiger charge is -2.16. The summed E-state index contributed by atoms with van der Waals surface area (Å²) in [5, 5.41) is 11.7. The van der Waals surface area contributed by atoms with Crippen LogP contribution in [0.4, 0.5) is 4.79 Å². The number of fused-ring (bicyclic) bond motifs is 4. The fraction of sp³-hybridized carbons (Fsp3) is 0.391. The van der Waals surface area contributed by atoms with Crippen LogP contribution in [-0.4, -0.2) is 50.7 Å². The first-order valence-electron chi connectivity index (χ1n) is 11.3. The second-order valence-corrected chi connectivity index (χ2v) is 10.8. The van der Waals surface area contributed by atoms with Crippen molar-refractivity contribution < 1.29 is 17.9 Å². The van der Waals surface area contributed by atoms with Crippen LogP contribution in [0.25, 0.3) is 16.8 Å². The van der Waals surface area contributed by atoms with Gasteiger partial charge in [-0.15, -0.1) is 10.2 Å². The van der Waals surface area contributed by atoms with Gasteiger partial charge in [0, 0.05) is 18.2 Å². The van der Waals surface area contributed by atoms with E-state index in [2.05, 4.69) is 20.5 Å². The highest BCUT2D eigenvalue weighted by Gasteiger charge is 2.56. The maximum absolute atomic E-state index is 13.3. The van der Waals surface area contributed by atoms with Crippen LogP contribution >= 0.6 is 0 Å². The highest BCUT2D eigenvalue weighted by Crippen LogP contribution is 2.59. The molecule has 0 bridgehead atoms. The molecular weight excluding hydrogens is 456 g/mol. The molecule has 176 valence electrons. The molecule has 0 saturated heterocycles. The Labute approximate surface area is 196 Å². The summed E-state index contributed by atoms with van der Waals surface area (Å²) in [7, 11) is -3.81. The van der Waals surface area contributed by atoms with Crippen LogP contribution < -0.4 is 5.32 Å². The Hall–Kier alpha value is -3.47. The number of aryl methyl sites for hydroxylation is 1. The van der Waals surface area contributed by atoms with Crippen molar-refractivity contribution in [2.24, 2.45) is 11.8 Å². The molecule has 1 aromatic carbocycles. The topological polar surface area (TPSA) is 120 Å². The fourth-order valence-electron chi connectivity index (χ4n) is 5.28. The Morgan fingerprint density at radius 3 is 2.71 bits per heavy atom. The zero-order chi connectivity index (χ0) is 23.6. The van der Waals surface area contributed by atoms with Gasteiger partial charge in [0.15, 0.2) is 11.3 Å². The number of aromatic nitrogens is 5. The van der Waals surface area contributed by atoms with E-state index in [1.807, 2.05) is 11.3 Å². The van der Waals surface area contributed by atoms with E-state index in [4.69, 9.17) is 4.74 Å². The maximum atomic E-state index is 13.3. The van der Waals surface area contributed by atoms with Gasteiger partial charge in [-0.1, -0.05) is 17.7 Å². The fourth-order valence-corrected chi connectivity index (χ4v) is 6.58. The van der Waals surface area contributed by atoms with Crippen molar-refractivity contribution in [3.05, 3.63) is 54.1 Å².